The number of aromatic nitrogens is 2. The molecule has 0 unspecified atom stereocenters. The van der Waals surface area contributed by atoms with E-state index in [1.807, 2.05) is 12.1 Å². The van der Waals surface area contributed by atoms with Gasteiger partial charge in [-0.25, -0.2) is 4.98 Å². The average Bonchev–Trinajstić information content (AvgIpc) is 2.75. The molecule has 1 fully saturated rings. The van der Waals surface area contributed by atoms with E-state index < -0.39 is 0 Å². The summed E-state index contributed by atoms with van der Waals surface area (Å²) >= 11 is 1.70. The lowest BCUT2D eigenvalue weighted by Gasteiger charge is -2.30. The van der Waals surface area contributed by atoms with Gasteiger partial charge in [-0.05, 0) is 25.0 Å². The molecule has 2 aromatic heterocycles. The van der Waals surface area contributed by atoms with Gasteiger partial charge < -0.3 is 5.73 Å². The highest BCUT2D eigenvalue weighted by atomic mass is 32.1. The van der Waals surface area contributed by atoms with Crippen molar-refractivity contribution in [1.82, 2.24) is 9.97 Å². The number of nitrogens with zero attached hydrogens (tertiary/aromatic N) is 2. The van der Waals surface area contributed by atoms with E-state index in [0.717, 1.165) is 23.4 Å². The molecule has 1 aliphatic carbocycles. The molecule has 2 N–H and O–H groups in total. The van der Waals surface area contributed by atoms with Gasteiger partial charge in [-0.3, -0.25) is 4.98 Å². The third-order valence-electron chi connectivity index (χ3n) is 3.04. The Hall–Kier alpha value is -1.26. The largest absolute Gasteiger partial charge is 0.328 e. The fraction of sp³-hybridized carbons (Fsp3) is 0.333. The zero-order valence-corrected chi connectivity index (χ0v) is 9.65. The molecule has 82 valence electrons. The van der Waals surface area contributed by atoms with E-state index in [2.05, 4.69) is 15.3 Å². The fourth-order valence-electron chi connectivity index (χ4n) is 2.00. The molecule has 3 nitrogen and oxygen atoms in total. The Morgan fingerprint density at radius 1 is 1.25 bits per heavy atom. The lowest BCUT2D eigenvalue weighted by Crippen LogP contribution is -2.34. The number of hydrogen-bond donors (Lipinski definition) is 1. The smallest absolute Gasteiger partial charge is 0.123 e. The van der Waals surface area contributed by atoms with Gasteiger partial charge in [0.2, 0.25) is 0 Å². The monoisotopic (exact) mass is 231 g/mol. The highest BCUT2D eigenvalue weighted by Crippen LogP contribution is 2.37. The molecular formula is C12H13N3S. The van der Waals surface area contributed by atoms with Crippen molar-refractivity contribution in [2.45, 2.75) is 24.8 Å². The molecule has 4 heteroatoms. The van der Waals surface area contributed by atoms with Gasteiger partial charge in [-0.15, -0.1) is 11.3 Å². The van der Waals surface area contributed by atoms with Crippen molar-refractivity contribution in [2.75, 3.05) is 0 Å². The molecule has 2 heterocycles. The third-order valence-corrected chi connectivity index (χ3v) is 3.95. The lowest BCUT2D eigenvalue weighted by molar-refractivity contribution is 0.346. The minimum atomic E-state index is 0.385. The lowest BCUT2D eigenvalue weighted by atomic mass is 9.79. The summed E-state index contributed by atoms with van der Waals surface area (Å²) < 4.78 is 0. The van der Waals surface area contributed by atoms with Crippen LogP contribution in [-0.4, -0.2) is 16.0 Å². The maximum absolute atomic E-state index is 5.79. The van der Waals surface area contributed by atoms with E-state index >= 15 is 0 Å². The van der Waals surface area contributed by atoms with Crippen molar-refractivity contribution < 1.29 is 0 Å². The van der Waals surface area contributed by atoms with Gasteiger partial charge in [-0.2, -0.15) is 0 Å². The summed E-state index contributed by atoms with van der Waals surface area (Å²) in [4.78, 5) is 8.68. The predicted octanol–water partition coefficient (Wildman–Crippen LogP) is 2.41. The summed E-state index contributed by atoms with van der Waals surface area (Å²) in [6.07, 6.45) is 5.77. The van der Waals surface area contributed by atoms with Crippen LogP contribution in [0.4, 0.5) is 0 Å². The summed E-state index contributed by atoms with van der Waals surface area (Å²) in [7, 11) is 0. The van der Waals surface area contributed by atoms with Crippen LogP contribution < -0.4 is 5.73 Å². The van der Waals surface area contributed by atoms with E-state index in [-0.39, 0.29) is 0 Å². The van der Waals surface area contributed by atoms with Crippen LogP contribution in [0.1, 0.15) is 24.5 Å². The standard InChI is InChI=1S/C12H13N3S/c13-10-5-9(6-10)11-7-16-12(15-11)8-1-3-14-4-2-8/h1-4,7,9-10H,5-6,13H2. The van der Waals surface area contributed by atoms with Crippen molar-refractivity contribution in [2.24, 2.45) is 5.73 Å². The molecular weight excluding hydrogens is 218 g/mol. The third kappa shape index (κ3) is 1.74. The molecule has 0 amide bonds. The predicted molar refractivity (Wildman–Crippen MR) is 65.3 cm³/mol. The van der Waals surface area contributed by atoms with E-state index in [9.17, 15) is 0 Å². The zero-order chi connectivity index (χ0) is 11.0. The molecule has 0 spiro atoms. The molecule has 0 atom stereocenters. The Balaban J connectivity index is 1.83. The molecule has 0 bridgehead atoms. The number of thiazole rings is 1. The molecule has 16 heavy (non-hydrogen) atoms. The maximum atomic E-state index is 5.79. The summed E-state index contributed by atoms with van der Waals surface area (Å²) in [5, 5.41) is 3.24. The Morgan fingerprint density at radius 3 is 2.69 bits per heavy atom. The normalized spacial score (nSPS) is 24.1. The van der Waals surface area contributed by atoms with Crippen molar-refractivity contribution >= 4 is 11.3 Å². The molecule has 3 rings (SSSR count). The fourth-order valence-corrected chi connectivity index (χ4v) is 2.91. The van der Waals surface area contributed by atoms with Gasteiger partial charge in [-0.1, -0.05) is 0 Å². The van der Waals surface area contributed by atoms with Crippen LogP contribution in [0.5, 0.6) is 0 Å². The van der Waals surface area contributed by atoms with Gasteiger partial charge in [0.05, 0.1) is 5.69 Å². The van der Waals surface area contributed by atoms with Crippen LogP contribution in [0.2, 0.25) is 0 Å². The van der Waals surface area contributed by atoms with Gasteiger partial charge in [0.25, 0.3) is 0 Å². The zero-order valence-electron chi connectivity index (χ0n) is 8.84. The van der Waals surface area contributed by atoms with Crippen LogP contribution in [0.15, 0.2) is 29.9 Å². The molecule has 2 aromatic rings. The Labute approximate surface area is 98.4 Å². The van der Waals surface area contributed by atoms with Crippen LogP contribution in [0.3, 0.4) is 0 Å². The van der Waals surface area contributed by atoms with Crippen LogP contribution >= 0.6 is 11.3 Å². The van der Waals surface area contributed by atoms with E-state index in [4.69, 9.17) is 5.73 Å². The van der Waals surface area contributed by atoms with Gasteiger partial charge in [0, 0.05) is 35.3 Å². The second kappa shape index (κ2) is 3.96. The van der Waals surface area contributed by atoms with Crippen LogP contribution in [0.25, 0.3) is 10.6 Å². The first-order valence-corrected chi connectivity index (χ1v) is 6.32. The van der Waals surface area contributed by atoms with Crippen molar-refractivity contribution in [3.05, 3.63) is 35.6 Å². The van der Waals surface area contributed by atoms with Gasteiger partial charge in [0.15, 0.2) is 0 Å². The van der Waals surface area contributed by atoms with Crippen molar-refractivity contribution in [3.8, 4) is 10.6 Å². The topological polar surface area (TPSA) is 51.8 Å². The number of nitrogens with two attached hydrogens (primary N) is 1. The van der Waals surface area contributed by atoms with E-state index in [1.54, 1.807) is 23.7 Å². The van der Waals surface area contributed by atoms with Crippen molar-refractivity contribution in [1.29, 1.82) is 0 Å². The molecule has 0 radical (unpaired) electrons. The van der Waals surface area contributed by atoms with Crippen LogP contribution in [-0.2, 0) is 0 Å². The van der Waals surface area contributed by atoms with Gasteiger partial charge in [0.1, 0.15) is 5.01 Å². The summed E-state index contributed by atoms with van der Waals surface area (Å²) in [6.45, 7) is 0. The van der Waals surface area contributed by atoms with Crippen molar-refractivity contribution in [3.63, 3.8) is 0 Å². The first-order chi connectivity index (χ1) is 7.83. The Kier molecular flexibility index (Phi) is 2.46. The Bertz CT molecular complexity index is 474. The molecule has 0 aliphatic heterocycles. The highest BCUT2D eigenvalue weighted by molar-refractivity contribution is 7.13. The second-order valence-corrected chi connectivity index (χ2v) is 5.10. The first-order valence-electron chi connectivity index (χ1n) is 5.44. The quantitative estimate of drug-likeness (QED) is 0.863. The van der Waals surface area contributed by atoms with Crippen LogP contribution in [0, 0.1) is 0 Å². The highest BCUT2D eigenvalue weighted by Gasteiger charge is 2.29. The minimum Gasteiger partial charge on any atom is -0.328 e. The number of rotatable bonds is 2. The molecule has 0 saturated heterocycles. The average molecular weight is 231 g/mol. The number of hydrogen-bond acceptors (Lipinski definition) is 4. The second-order valence-electron chi connectivity index (χ2n) is 4.24. The first kappa shape index (κ1) is 9.93. The number of pyridine rings is 1. The van der Waals surface area contributed by atoms with E-state index in [0.29, 0.717) is 12.0 Å². The molecule has 1 saturated carbocycles. The maximum Gasteiger partial charge on any atom is 0.123 e. The summed E-state index contributed by atoms with van der Waals surface area (Å²) in [5.41, 5.74) is 8.15. The van der Waals surface area contributed by atoms with E-state index in [1.165, 1.54) is 5.69 Å². The minimum absolute atomic E-state index is 0.385. The molecule has 0 aromatic carbocycles. The van der Waals surface area contributed by atoms with Gasteiger partial charge >= 0.3 is 0 Å². The molecule has 1 aliphatic rings. The SMILES string of the molecule is NC1CC(c2csc(-c3ccncc3)n2)C1. The Morgan fingerprint density at radius 2 is 2.00 bits per heavy atom. The summed E-state index contributed by atoms with van der Waals surface area (Å²) in [5.74, 6) is 0.585. The summed E-state index contributed by atoms with van der Waals surface area (Å²) in [6, 6.07) is 4.38.